The molecule has 0 fully saturated rings. The lowest BCUT2D eigenvalue weighted by molar-refractivity contribution is 0.0473. The number of fused-ring (bicyclic) bond motifs is 1. The summed E-state index contributed by atoms with van der Waals surface area (Å²) < 4.78 is 41.7. The molecule has 1 heterocycles. The maximum Gasteiger partial charge on any atom is 0.411 e. The highest BCUT2D eigenvalue weighted by atomic mass is 32.2. The van der Waals surface area contributed by atoms with Crippen molar-refractivity contribution in [2.24, 2.45) is 0 Å². The van der Waals surface area contributed by atoms with Crippen molar-refractivity contribution in [1.82, 2.24) is 4.72 Å². The summed E-state index contributed by atoms with van der Waals surface area (Å²) >= 11 is 0. The van der Waals surface area contributed by atoms with Gasteiger partial charge in [-0.15, -0.1) is 0 Å². The summed E-state index contributed by atoms with van der Waals surface area (Å²) in [4.78, 5) is 36.0. The minimum Gasteiger partial charge on any atom is -0.457 e. The van der Waals surface area contributed by atoms with E-state index in [-0.39, 0.29) is 35.8 Å². The number of sulfonamides is 1. The molecule has 0 unspecified atom stereocenters. The Hall–Kier alpha value is -3.70. The van der Waals surface area contributed by atoms with E-state index in [1.54, 1.807) is 26.0 Å². The molecule has 0 spiro atoms. The van der Waals surface area contributed by atoms with Gasteiger partial charge < -0.3 is 13.9 Å². The molecule has 0 aliphatic carbocycles. The van der Waals surface area contributed by atoms with Gasteiger partial charge >= 0.3 is 17.7 Å². The summed E-state index contributed by atoms with van der Waals surface area (Å²) in [5.41, 5.74) is 0.466. The van der Waals surface area contributed by atoms with Gasteiger partial charge in [-0.2, -0.15) is 0 Å². The second-order valence-corrected chi connectivity index (χ2v) is 8.52. The SMILES string of the molecule is CCNS(=O)(=O)c1ccc(C(=O)OCc2cc(=O)oc3cc(NC(=O)OCC)ccc23)cc1. The van der Waals surface area contributed by atoms with Gasteiger partial charge in [0.1, 0.15) is 12.2 Å². The van der Waals surface area contributed by atoms with Gasteiger partial charge in [0, 0.05) is 35.3 Å². The van der Waals surface area contributed by atoms with E-state index in [4.69, 9.17) is 13.9 Å². The average Bonchev–Trinajstić information content (AvgIpc) is 2.77. The van der Waals surface area contributed by atoms with Gasteiger partial charge in [0.15, 0.2) is 0 Å². The molecule has 0 bridgehead atoms. The number of nitrogens with one attached hydrogen (secondary N) is 2. The number of anilines is 1. The molecule has 174 valence electrons. The van der Waals surface area contributed by atoms with Gasteiger partial charge in [0.2, 0.25) is 10.0 Å². The molecule has 2 N–H and O–H groups in total. The summed E-state index contributed by atoms with van der Waals surface area (Å²) in [6, 6.07) is 11.2. The van der Waals surface area contributed by atoms with Crippen LogP contribution in [0.3, 0.4) is 0 Å². The zero-order valence-electron chi connectivity index (χ0n) is 17.9. The highest BCUT2D eigenvalue weighted by Gasteiger charge is 2.15. The predicted molar refractivity (Wildman–Crippen MR) is 120 cm³/mol. The molecule has 0 aliphatic heterocycles. The zero-order chi connectivity index (χ0) is 24.0. The minimum absolute atomic E-state index is 0.0276. The number of benzene rings is 2. The molecule has 0 saturated carbocycles. The maximum atomic E-state index is 12.4. The van der Waals surface area contributed by atoms with Crippen LogP contribution in [0.15, 0.2) is 62.6 Å². The van der Waals surface area contributed by atoms with Crippen molar-refractivity contribution < 1.29 is 31.9 Å². The maximum absolute atomic E-state index is 12.4. The number of hydrogen-bond acceptors (Lipinski definition) is 8. The van der Waals surface area contributed by atoms with E-state index in [9.17, 15) is 22.8 Å². The van der Waals surface area contributed by atoms with Crippen LogP contribution in [0.2, 0.25) is 0 Å². The topological polar surface area (TPSA) is 141 Å². The summed E-state index contributed by atoms with van der Waals surface area (Å²) in [6.45, 7) is 3.56. The lowest BCUT2D eigenvalue weighted by Gasteiger charge is -2.10. The summed E-state index contributed by atoms with van der Waals surface area (Å²) in [5.74, 6) is -0.690. The minimum atomic E-state index is -3.63. The van der Waals surface area contributed by atoms with Crippen LogP contribution in [0.1, 0.15) is 29.8 Å². The van der Waals surface area contributed by atoms with Crippen molar-refractivity contribution in [3.8, 4) is 0 Å². The second-order valence-electron chi connectivity index (χ2n) is 6.75. The van der Waals surface area contributed by atoms with E-state index in [1.807, 2.05) is 0 Å². The van der Waals surface area contributed by atoms with Crippen molar-refractivity contribution in [1.29, 1.82) is 0 Å². The molecule has 0 saturated heterocycles. The van der Waals surface area contributed by atoms with E-state index in [0.29, 0.717) is 16.6 Å². The molecule has 1 amide bonds. The van der Waals surface area contributed by atoms with Crippen molar-refractivity contribution >= 4 is 38.7 Å². The van der Waals surface area contributed by atoms with E-state index < -0.39 is 27.7 Å². The number of carbonyl (C=O) groups is 2. The molecule has 11 heteroatoms. The lowest BCUT2D eigenvalue weighted by Crippen LogP contribution is -2.23. The van der Waals surface area contributed by atoms with Crippen molar-refractivity contribution in [3.63, 3.8) is 0 Å². The Morgan fingerprint density at radius 3 is 2.39 bits per heavy atom. The van der Waals surface area contributed by atoms with Gasteiger partial charge in [-0.3, -0.25) is 5.32 Å². The zero-order valence-corrected chi connectivity index (χ0v) is 18.7. The number of carbonyl (C=O) groups excluding carboxylic acids is 2. The Morgan fingerprint density at radius 1 is 1.00 bits per heavy atom. The van der Waals surface area contributed by atoms with Crippen molar-refractivity contribution in [3.05, 3.63) is 70.1 Å². The molecular formula is C22H22N2O8S. The third kappa shape index (κ3) is 5.96. The molecule has 3 rings (SSSR count). The van der Waals surface area contributed by atoms with E-state index >= 15 is 0 Å². The molecule has 10 nitrogen and oxygen atoms in total. The molecule has 0 radical (unpaired) electrons. The largest absolute Gasteiger partial charge is 0.457 e. The Bertz CT molecular complexity index is 1330. The van der Waals surface area contributed by atoms with Gasteiger partial charge in [0.25, 0.3) is 0 Å². The lowest BCUT2D eigenvalue weighted by atomic mass is 10.1. The van der Waals surface area contributed by atoms with Crippen LogP contribution in [0.25, 0.3) is 11.0 Å². The van der Waals surface area contributed by atoms with Crippen LogP contribution in [0.4, 0.5) is 10.5 Å². The average molecular weight is 474 g/mol. The molecule has 0 aliphatic rings. The van der Waals surface area contributed by atoms with Crippen LogP contribution in [-0.2, 0) is 26.1 Å². The first kappa shape index (κ1) is 24.0. The third-order valence-corrected chi connectivity index (χ3v) is 6.01. The quantitative estimate of drug-likeness (QED) is 0.375. The fourth-order valence-electron chi connectivity index (χ4n) is 2.98. The Morgan fingerprint density at radius 2 is 1.73 bits per heavy atom. The van der Waals surface area contributed by atoms with Crippen LogP contribution in [0, 0.1) is 0 Å². The number of esters is 1. The van der Waals surface area contributed by atoms with Crippen LogP contribution in [-0.4, -0.2) is 33.6 Å². The normalized spacial score (nSPS) is 11.2. The Labute approximate surface area is 189 Å². The van der Waals surface area contributed by atoms with Gasteiger partial charge in [-0.1, -0.05) is 6.92 Å². The molecule has 3 aromatic rings. The molecule has 2 aromatic carbocycles. The molecular weight excluding hydrogens is 452 g/mol. The number of amides is 1. The van der Waals surface area contributed by atoms with Gasteiger partial charge in [0.05, 0.1) is 17.1 Å². The monoisotopic (exact) mass is 474 g/mol. The molecule has 0 atom stereocenters. The van der Waals surface area contributed by atoms with E-state index in [0.717, 1.165) is 0 Å². The second kappa shape index (κ2) is 10.3. The van der Waals surface area contributed by atoms with Crippen LogP contribution < -0.4 is 15.7 Å². The van der Waals surface area contributed by atoms with E-state index in [2.05, 4.69) is 10.0 Å². The van der Waals surface area contributed by atoms with E-state index in [1.165, 1.54) is 36.4 Å². The Kier molecular flexibility index (Phi) is 7.46. The standard InChI is InChI=1S/C22H22N2O8S/c1-3-23-33(28,29)17-8-5-14(6-9-17)21(26)31-13-15-11-20(25)32-19-12-16(7-10-18(15)19)24-22(27)30-4-2/h5-12,23H,3-4,13H2,1-2H3,(H,24,27). The van der Waals surface area contributed by atoms with Crippen LogP contribution in [0.5, 0.6) is 0 Å². The molecule has 33 heavy (non-hydrogen) atoms. The van der Waals surface area contributed by atoms with Crippen molar-refractivity contribution in [2.45, 2.75) is 25.3 Å². The molecule has 1 aromatic heterocycles. The first-order valence-electron chi connectivity index (χ1n) is 10.0. The first-order valence-corrected chi connectivity index (χ1v) is 11.5. The summed E-state index contributed by atoms with van der Waals surface area (Å²) in [5, 5.41) is 3.03. The third-order valence-electron chi connectivity index (χ3n) is 4.45. The number of hydrogen-bond donors (Lipinski definition) is 2. The summed E-state index contributed by atoms with van der Waals surface area (Å²) in [7, 11) is -3.63. The van der Waals surface area contributed by atoms with Crippen LogP contribution >= 0.6 is 0 Å². The number of ether oxygens (including phenoxy) is 2. The highest BCUT2D eigenvalue weighted by molar-refractivity contribution is 7.89. The smallest absolute Gasteiger partial charge is 0.411 e. The van der Waals surface area contributed by atoms with Gasteiger partial charge in [-0.05, 0) is 43.3 Å². The van der Waals surface area contributed by atoms with Gasteiger partial charge in [-0.25, -0.2) is 27.5 Å². The fraction of sp³-hybridized carbons (Fsp3) is 0.227. The number of rotatable bonds is 8. The fourth-order valence-corrected chi connectivity index (χ4v) is 4.02. The highest BCUT2D eigenvalue weighted by Crippen LogP contribution is 2.22. The first-order chi connectivity index (χ1) is 15.7. The predicted octanol–water partition coefficient (Wildman–Crippen LogP) is 3.02. The van der Waals surface area contributed by atoms with Crippen molar-refractivity contribution in [2.75, 3.05) is 18.5 Å². The Balaban J connectivity index is 1.76. The summed E-state index contributed by atoms with van der Waals surface area (Å²) in [6.07, 6.45) is -0.645.